The molecule has 8 heteroatoms. The lowest BCUT2D eigenvalue weighted by Crippen LogP contribution is -2.15. The highest BCUT2D eigenvalue weighted by atomic mass is 32.2. The number of nitrogens with zero attached hydrogens (tertiary/aromatic N) is 2. The van der Waals surface area contributed by atoms with E-state index >= 15 is 0 Å². The van der Waals surface area contributed by atoms with Gasteiger partial charge in [-0.25, -0.2) is 18.4 Å². The molecule has 0 amide bonds. The molecule has 7 nitrogen and oxygen atoms in total. The molecule has 0 spiro atoms. The molecular weight excluding hydrogens is 268 g/mol. The van der Waals surface area contributed by atoms with Crippen LogP contribution in [0.4, 0.5) is 11.5 Å². The number of methoxy groups -OCH3 is 1. The van der Waals surface area contributed by atoms with Crippen LogP contribution >= 0.6 is 0 Å². The average molecular weight is 280 g/mol. The Kier molecular flexibility index (Phi) is 3.52. The third-order valence-corrected chi connectivity index (χ3v) is 3.72. The standard InChI is InChI=1S/C11H12N4O3S/c1-18-10-5-4-8(7-14-10)15-19(16,17)9-3-2-6-13-11(9)12/h2-7,15H,1H3,(H2,12,13). The number of hydrogen-bond acceptors (Lipinski definition) is 6. The van der Waals surface area contributed by atoms with Gasteiger partial charge in [-0.2, -0.15) is 0 Å². The fourth-order valence-corrected chi connectivity index (χ4v) is 2.53. The van der Waals surface area contributed by atoms with Gasteiger partial charge in [0.1, 0.15) is 10.7 Å². The molecule has 0 saturated carbocycles. The van der Waals surface area contributed by atoms with Gasteiger partial charge >= 0.3 is 0 Å². The van der Waals surface area contributed by atoms with E-state index in [2.05, 4.69) is 14.7 Å². The van der Waals surface area contributed by atoms with Crippen molar-refractivity contribution in [2.45, 2.75) is 4.90 Å². The van der Waals surface area contributed by atoms with Gasteiger partial charge in [-0.05, 0) is 18.2 Å². The largest absolute Gasteiger partial charge is 0.481 e. The number of nitrogens with two attached hydrogens (primary N) is 1. The van der Waals surface area contributed by atoms with Crippen molar-refractivity contribution in [3.63, 3.8) is 0 Å². The van der Waals surface area contributed by atoms with Crippen molar-refractivity contribution in [3.05, 3.63) is 36.7 Å². The molecule has 0 radical (unpaired) electrons. The lowest BCUT2D eigenvalue weighted by atomic mass is 10.4. The molecule has 0 aliphatic heterocycles. The first kappa shape index (κ1) is 13.1. The molecule has 100 valence electrons. The predicted molar refractivity (Wildman–Crippen MR) is 70.2 cm³/mol. The number of nitrogens with one attached hydrogen (secondary N) is 1. The van der Waals surface area contributed by atoms with Crippen molar-refractivity contribution >= 4 is 21.5 Å². The maximum Gasteiger partial charge on any atom is 0.265 e. The summed E-state index contributed by atoms with van der Waals surface area (Å²) < 4.78 is 31.4. The van der Waals surface area contributed by atoms with E-state index in [0.717, 1.165) is 0 Å². The Labute approximate surface area is 110 Å². The topological polar surface area (TPSA) is 107 Å². The summed E-state index contributed by atoms with van der Waals surface area (Å²) >= 11 is 0. The summed E-state index contributed by atoms with van der Waals surface area (Å²) in [7, 11) is -2.31. The van der Waals surface area contributed by atoms with Crippen molar-refractivity contribution < 1.29 is 13.2 Å². The predicted octanol–water partition coefficient (Wildman–Crippen LogP) is 0.868. The number of anilines is 2. The number of nitrogen functional groups attached to an aromatic ring is 1. The van der Waals surface area contributed by atoms with Crippen LogP contribution in [-0.2, 0) is 10.0 Å². The third-order valence-electron chi connectivity index (χ3n) is 2.29. The Hall–Kier alpha value is -2.35. The molecule has 0 unspecified atom stereocenters. The summed E-state index contributed by atoms with van der Waals surface area (Å²) in [6, 6.07) is 5.96. The van der Waals surface area contributed by atoms with Crippen LogP contribution in [0, 0.1) is 0 Å². The van der Waals surface area contributed by atoms with Crippen LogP contribution < -0.4 is 15.2 Å². The second-order valence-electron chi connectivity index (χ2n) is 3.58. The molecule has 0 aliphatic carbocycles. The summed E-state index contributed by atoms with van der Waals surface area (Å²) in [6.07, 6.45) is 2.77. The SMILES string of the molecule is COc1ccc(NS(=O)(=O)c2cccnc2N)cn1. The van der Waals surface area contributed by atoms with Crippen LogP contribution in [-0.4, -0.2) is 25.5 Å². The van der Waals surface area contributed by atoms with Gasteiger partial charge in [0.2, 0.25) is 5.88 Å². The monoisotopic (exact) mass is 280 g/mol. The lowest BCUT2D eigenvalue weighted by molar-refractivity contribution is 0.398. The van der Waals surface area contributed by atoms with Gasteiger partial charge in [-0.15, -0.1) is 0 Å². The van der Waals surface area contributed by atoms with Gasteiger partial charge in [0.25, 0.3) is 10.0 Å². The minimum atomic E-state index is -3.78. The molecule has 0 bridgehead atoms. The van der Waals surface area contributed by atoms with Crippen molar-refractivity contribution in [1.82, 2.24) is 9.97 Å². The normalized spacial score (nSPS) is 11.0. The van der Waals surface area contributed by atoms with E-state index in [4.69, 9.17) is 10.5 Å². The Balaban J connectivity index is 2.28. The van der Waals surface area contributed by atoms with Gasteiger partial charge in [0.15, 0.2) is 0 Å². The lowest BCUT2D eigenvalue weighted by Gasteiger charge is -2.09. The van der Waals surface area contributed by atoms with Crippen LogP contribution in [0.2, 0.25) is 0 Å². The minimum absolute atomic E-state index is 0.0588. The maximum atomic E-state index is 12.1. The van der Waals surface area contributed by atoms with Gasteiger partial charge in [0.05, 0.1) is 19.0 Å². The maximum absolute atomic E-state index is 12.1. The smallest absolute Gasteiger partial charge is 0.265 e. The highest BCUT2D eigenvalue weighted by molar-refractivity contribution is 7.92. The Morgan fingerprint density at radius 2 is 2.05 bits per heavy atom. The molecule has 0 fully saturated rings. The van der Waals surface area contributed by atoms with Crippen molar-refractivity contribution in [2.24, 2.45) is 0 Å². The van der Waals surface area contributed by atoms with E-state index in [0.29, 0.717) is 11.6 Å². The van der Waals surface area contributed by atoms with Gasteiger partial charge in [-0.3, -0.25) is 4.72 Å². The van der Waals surface area contributed by atoms with Gasteiger partial charge < -0.3 is 10.5 Å². The summed E-state index contributed by atoms with van der Waals surface area (Å²) in [5.41, 5.74) is 5.85. The minimum Gasteiger partial charge on any atom is -0.481 e. The highest BCUT2D eigenvalue weighted by Crippen LogP contribution is 2.19. The summed E-state index contributed by atoms with van der Waals surface area (Å²) in [4.78, 5) is 7.56. The summed E-state index contributed by atoms with van der Waals surface area (Å²) in [5.74, 6) is 0.334. The first-order valence-electron chi connectivity index (χ1n) is 5.26. The zero-order valence-electron chi connectivity index (χ0n) is 10.1. The molecule has 0 atom stereocenters. The Morgan fingerprint density at radius 1 is 1.26 bits per heavy atom. The van der Waals surface area contributed by atoms with Crippen LogP contribution in [0.15, 0.2) is 41.6 Å². The average Bonchev–Trinajstić information content (AvgIpc) is 2.39. The number of rotatable bonds is 4. The zero-order chi connectivity index (χ0) is 13.9. The second-order valence-corrected chi connectivity index (χ2v) is 5.23. The molecule has 2 aromatic rings. The van der Waals surface area contributed by atoms with E-state index in [1.165, 1.54) is 37.7 Å². The van der Waals surface area contributed by atoms with E-state index in [1.807, 2.05) is 0 Å². The molecule has 2 heterocycles. The Morgan fingerprint density at radius 3 is 2.63 bits per heavy atom. The molecule has 19 heavy (non-hydrogen) atoms. The molecule has 2 aromatic heterocycles. The van der Waals surface area contributed by atoms with Crippen molar-refractivity contribution in [3.8, 4) is 5.88 Å². The quantitative estimate of drug-likeness (QED) is 0.860. The Bertz CT molecular complexity index is 671. The molecule has 3 N–H and O–H groups in total. The summed E-state index contributed by atoms with van der Waals surface area (Å²) in [6.45, 7) is 0. The first-order valence-corrected chi connectivity index (χ1v) is 6.74. The molecular formula is C11H12N4O3S. The fourth-order valence-electron chi connectivity index (χ4n) is 1.40. The van der Waals surface area contributed by atoms with Crippen molar-refractivity contribution in [2.75, 3.05) is 17.6 Å². The molecule has 2 rings (SSSR count). The first-order chi connectivity index (χ1) is 9.03. The van der Waals surface area contributed by atoms with Gasteiger partial charge in [-0.1, -0.05) is 0 Å². The molecule has 0 aromatic carbocycles. The van der Waals surface area contributed by atoms with E-state index < -0.39 is 10.0 Å². The van der Waals surface area contributed by atoms with Gasteiger partial charge in [0, 0.05) is 12.3 Å². The fraction of sp³-hybridized carbons (Fsp3) is 0.0909. The van der Waals surface area contributed by atoms with Crippen molar-refractivity contribution in [1.29, 1.82) is 0 Å². The van der Waals surface area contributed by atoms with E-state index in [1.54, 1.807) is 6.07 Å². The zero-order valence-corrected chi connectivity index (χ0v) is 10.9. The number of ether oxygens (including phenoxy) is 1. The molecule has 0 aliphatic rings. The van der Waals surface area contributed by atoms with Crippen LogP contribution in [0.1, 0.15) is 0 Å². The van der Waals surface area contributed by atoms with Crippen LogP contribution in [0.3, 0.4) is 0 Å². The third kappa shape index (κ3) is 2.91. The number of pyridine rings is 2. The van der Waals surface area contributed by atoms with Crippen LogP contribution in [0.25, 0.3) is 0 Å². The number of aromatic nitrogens is 2. The van der Waals surface area contributed by atoms with E-state index in [9.17, 15) is 8.42 Å². The number of hydrogen-bond donors (Lipinski definition) is 2. The summed E-state index contributed by atoms with van der Waals surface area (Å²) in [5, 5.41) is 0. The molecule has 0 saturated heterocycles. The second kappa shape index (κ2) is 5.11. The van der Waals surface area contributed by atoms with E-state index in [-0.39, 0.29) is 10.7 Å². The number of sulfonamides is 1. The van der Waals surface area contributed by atoms with Crippen LogP contribution in [0.5, 0.6) is 5.88 Å². The highest BCUT2D eigenvalue weighted by Gasteiger charge is 2.18.